The van der Waals surface area contributed by atoms with Gasteiger partial charge < -0.3 is 10.6 Å². The van der Waals surface area contributed by atoms with Gasteiger partial charge in [-0.15, -0.1) is 0 Å². The fourth-order valence-corrected chi connectivity index (χ4v) is 3.62. The number of amides is 1. The molecule has 0 aromatic rings. The molecule has 0 aliphatic rings. The molecule has 25 heavy (non-hydrogen) atoms. The number of nitrogens with zero attached hydrogens (tertiary/aromatic N) is 1. The van der Waals surface area contributed by atoms with E-state index in [1.165, 1.54) is 77.0 Å². The smallest absolute Gasteiger partial charge is 0.225 e. The maximum absolute atomic E-state index is 12.5. The minimum absolute atomic E-state index is 0.146. The van der Waals surface area contributed by atoms with Gasteiger partial charge in [-0.3, -0.25) is 4.79 Å². The summed E-state index contributed by atoms with van der Waals surface area (Å²) in [5.41, 5.74) is 5.72. The summed E-state index contributed by atoms with van der Waals surface area (Å²) in [6.07, 6.45) is 18.2. The topological polar surface area (TPSA) is 46.3 Å². The maximum Gasteiger partial charge on any atom is 0.225 e. The minimum atomic E-state index is 0.146. The average molecular weight is 355 g/mol. The van der Waals surface area contributed by atoms with Crippen molar-refractivity contribution in [3.8, 4) is 0 Å². The van der Waals surface area contributed by atoms with Gasteiger partial charge in [0.2, 0.25) is 5.91 Å². The molecule has 0 aromatic heterocycles. The van der Waals surface area contributed by atoms with Crippen LogP contribution in [0.4, 0.5) is 0 Å². The van der Waals surface area contributed by atoms with E-state index in [0.717, 1.165) is 25.9 Å². The van der Waals surface area contributed by atoms with Gasteiger partial charge in [0.05, 0.1) is 0 Å². The van der Waals surface area contributed by atoms with E-state index in [9.17, 15) is 4.79 Å². The molecule has 0 fully saturated rings. The molecule has 0 rings (SSSR count). The monoisotopic (exact) mass is 354 g/mol. The first kappa shape index (κ1) is 24.4. The maximum atomic E-state index is 12.5. The zero-order valence-electron chi connectivity index (χ0n) is 17.5. The van der Waals surface area contributed by atoms with Crippen molar-refractivity contribution >= 4 is 5.91 Å². The summed E-state index contributed by atoms with van der Waals surface area (Å²) >= 11 is 0. The van der Waals surface area contributed by atoms with Crippen LogP contribution in [0, 0.1) is 5.92 Å². The van der Waals surface area contributed by atoms with E-state index in [-0.39, 0.29) is 5.92 Å². The van der Waals surface area contributed by atoms with Crippen molar-refractivity contribution in [1.82, 2.24) is 4.90 Å². The van der Waals surface area contributed by atoms with Crippen LogP contribution in [0.5, 0.6) is 0 Å². The third-order valence-electron chi connectivity index (χ3n) is 5.35. The summed E-state index contributed by atoms with van der Waals surface area (Å²) in [6, 6.07) is 0. The van der Waals surface area contributed by atoms with Gasteiger partial charge in [-0.25, -0.2) is 0 Å². The zero-order chi connectivity index (χ0) is 18.8. The SMILES string of the molecule is CCCCCCCCCCCCCCC(CCN)C(=O)N(CC)CC. The van der Waals surface area contributed by atoms with E-state index >= 15 is 0 Å². The zero-order valence-corrected chi connectivity index (χ0v) is 17.5. The van der Waals surface area contributed by atoms with Gasteiger partial charge in [0.25, 0.3) is 0 Å². The fourth-order valence-electron chi connectivity index (χ4n) is 3.62. The first-order chi connectivity index (χ1) is 12.2. The number of rotatable bonds is 18. The molecule has 1 atom stereocenters. The van der Waals surface area contributed by atoms with Gasteiger partial charge in [0.15, 0.2) is 0 Å². The first-order valence-corrected chi connectivity index (χ1v) is 11.2. The van der Waals surface area contributed by atoms with Crippen LogP contribution in [-0.4, -0.2) is 30.4 Å². The van der Waals surface area contributed by atoms with Crippen LogP contribution in [0.3, 0.4) is 0 Å². The van der Waals surface area contributed by atoms with Crippen LogP contribution in [0.2, 0.25) is 0 Å². The van der Waals surface area contributed by atoms with Crippen molar-refractivity contribution in [2.24, 2.45) is 11.7 Å². The van der Waals surface area contributed by atoms with Crippen molar-refractivity contribution in [1.29, 1.82) is 0 Å². The van der Waals surface area contributed by atoms with Gasteiger partial charge >= 0.3 is 0 Å². The molecule has 1 amide bonds. The summed E-state index contributed by atoms with van der Waals surface area (Å²) in [4.78, 5) is 14.5. The Labute approximate surface area is 158 Å². The predicted molar refractivity (Wildman–Crippen MR) is 111 cm³/mol. The minimum Gasteiger partial charge on any atom is -0.343 e. The summed E-state index contributed by atoms with van der Waals surface area (Å²) in [7, 11) is 0. The second-order valence-electron chi connectivity index (χ2n) is 7.46. The van der Waals surface area contributed by atoms with Crippen LogP contribution in [0.1, 0.15) is 111 Å². The van der Waals surface area contributed by atoms with Crippen molar-refractivity contribution in [2.45, 2.75) is 111 Å². The summed E-state index contributed by atoms with van der Waals surface area (Å²) in [6.45, 7) is 8.65. The lowest BCUT2D eigenvalue weighted by atomic mass is 9.95. The summed E-state index contributed by atoms with van der Waals surface area (Å²) in [5.74, 6) is 0.464. The van der Waals surface area contributed by atoms with Gasteiger partial charge in [0.1, 0.15) is 0 Å². The molecule has 1 unspecified atom stereocenters. The number of nitrogens with two attached hydrogens (primary N) is 1. The normalized spacial score (nSPS) is 12.3. The van der Waals surface area contributed by atoms with Crippen molar-refractivity contribution < 1.29 is 4.79 Å². The van der Waals surface area contributed by atoms with Crippen LogP contribution in [0.15, 0.2) is 0 Å². The highest BCUT2D eigenvalue weighted by Gasteiger charge is 2.21. The highest BCUT2D eigenvalue weighted by atomic mass is 16.2. The fraction of sp³-hybridized carbons (Fsp3) is 0.955. The molecule has 2 N–H and O–H groups in total. The lowest BCUT2D eigenvalue weighted by Gasteiger charge is -2.25. The highest BCUT2D eigenvalue weighted by Crippen LogP contribution is 2.18. The Morgan fingerprint density at radius 3 is 1.56 bits per heavy atom. The molecule has 0 heterocycles. The van der Waals surface area contributed by atoms with E-state index in [1.807, 2.05) is 4.90 Å². The standard InChI is InChI=1S/C22H46N2O/c1-4-7-8-9-10-11-12-13-14-15-16-17-18-21(19-20-23)22(25)24(5-2)6-3/h21H,4-20,23H2,1-3H3. The molecule has 3 nitrogen and oxygen atoms in total. The van der Waals surface area contributed by atoms with Crippen LogP contribution < -0.4 is 5.73 Å². The summed E-state index contributed by atoms with van der Waals surface area (Å²) in [5, 5.41) is 0. The van der Waals surface area contributed by atoms with Crippen LogP contribution in [-0.2, 0) is 4.79 Å². The van der Waals surface area contributed by atoms with Gasteiger partial charge in [-0.2, -0.15) is 0 Å². The van der Waals surface area contributed by atoms with Crippen LogP contribution in [0.25, 0.3) is 0 Å². The molecule has 0 spiro atoms. The van der Waals surface area contributed by atoms with E-state index < -0.39 is 0 Å². The second kappa shape index (κ2) is 18.2. The van der Waals surface area contributed by atoms with Gasteiger partial charge in [-0.05, 0) is 33.2 Å². The Kier molecular flexibility index (Phi) is 17.8. The second-order valence-corrected chi connectivity index (χ2v) is 7.46. The van der Waals surface area contributed by atoms with Crippen molar-refractivity contribution in [3.63, 3.8) is 0 Å². The lowest BCUT2D eigenvalue weighted by molar-refractivity contribution is -0.135. The Balaban J connectivity index is 3.64. The van der Waals surface area contributed by atoms with Gasteiger partial charge in [-0.1, -0.05) is 84.0 Å². The Hall–Kier alpha value is -0.570. The summed E-state index contributed by atoms with van der Waals surface area (Å²) < 4.78 is 0. The predicted octanol–water partition coefficient (Wildman–Crippen LogP) is 5.91. The van der Waals surface area contributed by atoms with Crippen LogP contribution >= 0.6 is 0 Å². The Morgan fingerprint density at radius 2 is 1.16 bits per heavy atom. The molecule has 0 aliphatic carbocycles. The lowest BCUT2D eigenvalue weighted by Crippen LogP contribution is -2.36. The molecular weight excluding hydrogens is 308 g/mol. The Bertz CT molecular complexity index is 290. The van der Waals surface area contributed by atoms with Crippen molar-refractivity contribution in [2.75, 3.05) is 19.6 Å². The first-order valence-electron chi connectivity index (χ1n) is 11.2. The average Bonchev–Trinajstić information content (AvgIpc) is 2.62. The Morgan fingerprint density at radius 1 is 0.720 bits per heavy atom. The van der Waals surface area contributed by atoms with E-state index in [0.29, 0.717) is 12.5 Å². The van der Waals surface area contributed by atoms with Gasteiger partial charge in [0, 0.05) is 19.0 Å². The number of unbranched alkanes of at least 4 members (excludes halogenated alkanes) is 11. The number of carbonyl (C=O) groups is 1. The largest absolute Gasteiger partial charge is 0.343 e. The van der Waals surface area contributed by atoms with Crippen molar-refractivity contribution in [3.05, 3.63) is 0 Å². The molecule has 0 bridgehead atoms. The quantitative estimate of drug-likeness (QED) is 0.311. The highest BCUT2D eigenvalue weighted by molar-refractivity contribution is 5.78. The number of carbonyl (C=O) groups excluding carboxylic acids is 1. The third kappa shape index (κ3) is 13.3. The van der Waals surface area contributed by atoms with E-state index in [2.05, 4.69) is 20.8 Å². The number of hydrogen-bond acceptors (Lipinski definition) is 2. The molecule has 150 valence electrons. The van der Waals surface area contributed by atoms with E-state index in [4.69, 9.17) is 5.73 Å². The molecule has 3 heteroatoms. The number of hydrogen-bond donors (Lipinski definition) is 1. The molecule has 0 aliphatic heterocycles. The third-order valence-corrected chi connectivity index (χ3v) is 5.35. The molecule has 0 saturated heterocycles. The molecule has 0 radical (unpaired) electrons. The molecule has 0 aromatic carbocycles. The van der Waals surface area contributed by atoms with E-state index in [1.54, 1.807) is 0 Å². The molecular formula is C22H46N2O. The molecule has 0 saturated carbocycles.